The van der Waals surface area contributed by atoms with Gasteiger partial charge < -0.3 is 10.1 Å². The lowest BCUT2D eigenvalue weighted by atomic mass is 10.2. The lowest BCUT2D eigenvalue weighted by molar-refractivity contribution is -0.116. The van der Waals surface area contributed by atoms with Gasteiger partial charge in [-0.25, -0.2) is 4.98 Å². The van der Waals surface area contributed by atoms with Crippen LogP contribution in [0, 0.1) is 6.92 Å². The van der Waals surface area contributed by atoms with E-state index in [-0.39, 0.29) is 5.91 Å². The molecular weight excluding hydrogens is 372 g/mol. The summed E-state index contributed by atoms with van der Waals surface area (Å²) in [6.45, 7) is 3.01. The van der Waals surface area contributed by atoms with Crippen LogP contribution in [-0.2, 0) is 24.9 Å². The Morgan fingerprint density at radius 1 is 1.36 bits per heavy atom. The number of amides is 1. The lowest BCUT2D eigenvalue weighted by Gasteiger charge is -2.08. The van der Waals surface area contributed by atoms with Crippen LogP contribution in [0.5, 0.6) is 5.75 Å². The van der Waals surface area contributed by atoms with Gasteiger partial charge in [0.15, 0.2) is 0 Å². The van der Waals surface area contributed by atoms with Crippen molar-refractivity contribution in [3.05, 3.63) is 69.9 Å². The number of para-hydroxylation sites is 1. The lowest BCUT2D eigenvalue weighted by Crippen LogP contribution is -2.22. The average molecular weight is 397 g/mol. The minimum atomic E-state index is -0.115. The van der Waals surface area contributed by atoms with Crippen molar-refractivity contribution in [1.29, 1.82) is 0 Å². The second kappa shape index (κ2) is 9.85. The Balaban J connectivity index is 1.46. The molecule has 0 bridgehead atoms. The summed E-state index contributed by atoms with van der Waals surface area (Å²) in [6.07, 6.45) is 8.93. The third-order valence-electron chi connectivity index (χ3n) is 4.08. The fourth-order valence-corrected chi connectivity index (χ4v) is 3.30. The molecule has 1 amide bonds. The van der Waals surface area contributed by atoms with E-state index in [2.05, 4.69) is 15.4 Å². The maximum atomic E-state index is 12.1. The maximum Gasteiger partial charge on any atom is 0.244 e. The minimum Gasteiger partial charge on any atom is -0.487 e. The molecule has 0 fully saturated rings. The second-order valence-corrected chi connectivity index (χ2v) is 7.50. The van der Waals surface area contributed by atoms with Crippen molar-refractivity contribution in [2.75, 3.05) is 6.54 Å². The summed E-state index contributed by atoms with van der Waals surface area (Å²) in [5.74, 6) is 0.616. The predicted molar refractivity (Wildman–Crippen MR) is 111 cm³/mol. The number of carbonyl (C=O) groups is 1. The number of thiazole rings is 1. The summed E-state index contributed by atoms with van der Waals surface area (Å²) < 4.78 is 7.66. The number of hydrogen-bond acceptors (Lipinski definition) is 5. The van der Waals surface area contributed by atoms with Gasteiger partial charge in [-0.15, -0.1) is 11.3 Å². The molecule has 0 unspecified atom stereocenters. The molecule has 2 heterocycles. The van der Waals surface area contributed by atoms with Crippen LogP contribution in [0.4, 0.5) is 0 Å². The highest BCUT2D eigenvalue weighted by molar-refractivity contribution is 7.09. The molecule has 146 valence electrons. The zero-order chi connectivity index (χ0) is 19.8. The van der Waals surface area contributed by atoms with Gasteiger partial charge in [0.2, 0.25) is 5.91 Å². The van der Waals surface area contributed by atoms with Crippen LogP contribution >= 0.6 is 11.3 Å². The third kappa shape index (κ3) is 6.06. The van der Waals surface area contributed by atoms with Crippen molar-refractivity contribution in [3.8, 4) is 5.75 Å². The van der Waals surface area contributed by atoms with E-state index in [0.717, 1.165) is 34.9 Å². The van der Waals surface area contributed by atoms with Gasteiger partial charge in [-0.1, -0.05) is 18.2 Å². The highest BCUT2D eigenvalue weighted by Crippen LogP contribution is 2.21. The average Bonchev–Trinajstić information content (AvgIpc) is 3.30. The molecule has 1 N–H and O–H groups in total. The molecule has 1 aromatic carbocycles. The Hall–Kier alpha value is -2.93. The third-order valence-corrected chi connectivity index (χ3v) is 4.90. The van der Waals surface area contributed by atoms with Gasteiger partial charge in [0.05, 0.1) is 16.9 Å². The zero-order valence-electron chi connectivity index (χ0n) is 16.1. The second-order valence-electron chi connectivity index (χ2n) is 6.43. The first-order chi connectivity index (χ1) is 13.6. The summed E-state index contributed by atoms with van der Waals surface area (Å²) >= 11 is 1.60. The number of nitrogens with zero attached hydrogens (tertiary/aromatic N) is 3. The van der Waals surface area contributed by atoms with Crippen molar-refractivity contribution in [3.63, 3.8) is 0 Å². The molecule has 0 saturated carbocycles. The van der Waals surface area contributed by atoms with Gasteiger partial charge in [-0.05, 0) is 37.5 Å². The van der Waals surface area contributed by atoms with Crippen molar-refractivity contribution in [1.82, 2.24) is 20.1 Å². The van der Waals surface area contributed by atoms with Crippen LogP contribution in [0.2, 0.25) is 0 Å². The molecule has 3 aromatic rings. The van der Waals surface area contributed by atoms with Crippen LogP contribution in [0.3, 0.4) is 0 Å². The van der Waals surface area contributed by atoms with Gasteiger partial charge in [0.25, 0.3) is 0 Å². The topological polar surface area (TPSA) is 69.0 Å². The van der Waals surface area contributed by atoms with E-state index in [1.165, 1.54) is 5.56 Å². The molecule has 6 nitrogen and oxygen atoms in total. The first-order valence-corrected chi connectivity index (χ1v) is 10.0. The fraction of sp³-hybridized carbons (Fsp3) is 0.286. The van der Waals surface area contributed by atoms with Gasteiger partial charge in [0, 0.05) is 36.8 Å². The van der Waals surface area contributed by atoms with Crippen molar-refractivity contribution in [2.45, 2.75) is 26.4 Å². The molecule has 0 spiro atoms. The molecule has 7 heteroatoms. The number of hydrogen-bond donors (Lipinski definition) is 1. The number of ether oxygens (including phenoxy) is 1. The molecule has 0 aliphatic carbocycles. The summed E-state index contributed by atoms with van der Waals surface area (Å²) in [5.41, 5.74) is 2.95. The molecule has 0 atom stereocenters. The first-order valence-electron chi connectivity index (χ1n) is 9.16. The molecular formula is C21H24N4O2S. The van der Waals surface area contributed by atoms with Crippen LogP contribution in [0.25, 0.3) is 6.08 Å². The van der Waals surface area contributed by atoms with E-state index < -0.39 is 0 Å². The summed E-state index contributed by atoms with van der Waals surface area (Å²) in [7, 11) is 1.90. The van der Waals surface area contributed by atoms with Crippen molar-refractivity contribution < 1.29 is 9.53 Å². The normalized spacial score (nSPS) is 11.1. The van der Waals surface area contributed by atoms with Crippen LogP contribution in [0.1, 0.15) is 28.2 Å². The fourth-order valence-electron chi connectivity index (χ4n) is 2.71. The molecule has 0 aliphatic heterocycles. The van der Waals surface area contributed by atoms with Crippen LogP contribution in [-0.4, -0.2) is 27.2 Å². The van der Waals surface area contributed by atoms with E-state index in [1.807, 2.05) is 56.0 Å². The predicted octanol–water partition coefficient (Wildman–Crippen LogP) is 3.53. The van der Waals surface area contributed by atoms with Gasteiger partial charge in [0.1, 0.15) is 12.4 Å². The summed E-state index contributed by atoms with van der Waals surface area (Å²) in [6, 6.07) is 7.65. The van der Waals surface area contributed by atoms with E-state index in [4.69, 9.17) is 4.74 Å². The molecule has 0 aliphatic rings. The summed E-state index contributed by atoms with van der Waals surface area (Å²) in [4.78, 5) is 16.5. The van der Waals surface area contributed by atoms with E-state index in [0.29, 0.717) is 13.2 Å². The van der Waals surface area contributed by atoms with Crippen LogP contribution < -0.4 is 10.1 Å². The molecule has 28 heavy (non-hydrogen) atoms. The van der Waals surface area contributed by atoms with Gasteiger partial charge in [-0.2, -0.15) is 5.10 Å². The number of nitrogens with one attached hydrogen (secondary N) is 1. The maximum absolute atomic E-state index is 12.1. The van der Waals surface area contributed by atoms with E-state index in [1.54, 1.807) is 28.2 Å². The van der Waals surface area contributed by atoms with E-state index in [9.17, 15) is 4.79 Å². The molecule has 0 radical (unpaired) electrons. The monoisotopic (exact) mass is 396 g/mol. The minimum absolute atomic E-state index is 0.115. The first kappa shape index (κ1) is 19.8. The number of benzene rings is 1. The highest BCUT2D eigenvalue weighted by atomic mass is 32.1. The number of carbonyl (C=O) groups excluding carboxylic acids is 1. The van der Waals surface area contributed by atoms with Crippen molar-refractivity contribution >= 4 is 23.3 Å². The molecule has 2 aromatic heterocycles. The van der Waals surface area contributed by atoms with E-state index >= 15 is 0 Å². The largest absolute Gasteiger partial charge is 0.487 e. The SMILES string of the molecule is Cc1nc(COc2ccccc2/C=C/C(=O)NCCCc2cnn(C)c2)cs1. The Morgan fingerprint density at radius 2 is 2.21 bits per heavy atom. The van der Waals surface area contributed by atoms with Crippen molar-refractivity contribution in [2.24, 2.45) is 7.05 Å². The standard InChI is InChI=1S/C21H24N4O2S/c1-16-24-19(15-28-16)14-27-20-8-4-3-7-18(20)9-10-21(26)22-11-5-6-17-12-23-25(2)13-17/h3-4,7-10,12-13,15H,5-6,11,14H2,1-2H3,(H,22,26)/b10-9+. The number of aromatic nitrogens is 3. The van der Waals surface area contributed by atoms with Gasteiger partial charge in [-0.3, -0.25) is 9.48 Å². The Labute approximate surface area is 168 Å². The Kier molecular flexibility index (Phi) is 6.97. The summed E-state index contributed by atoms with van der Waals surface area (Å²) in [5, 5.41) is 10.1. The number of aryl methyl sites for hydroxylation is 3. The zero-order valence-corrected chi connectivity index (χ0v) is 16.9. The smallest absolute Gasteiger partial charge is 0.244 e. The Morgan fingerprint density at radius 3 is 2.96 bits per heavy atom. The highest BCUT2D eigenvalue weighted by Gasteiger charge is 2.04. The quantitative estimate of drug-likeness (QED) is 0.444. The molecule has 3 rings (SSSR count). The number of rotatable bonds is 9. The van der Waals surface area contributed by atoms with Gasteiger partial charge >= 0.3 is 0 Å². The molecule has 0 saturated heterocycles. The Bertz CT molecular complexity index is 945. The van der Waals surface area contributed by atoms with Crippen LogP contribution in [0.15, 0.2) is 48.1 Å².